The first-order valence-corrected chi connectivity index (χ1v) is 30.9. The van der Waals surface area contributed by atoms with Gasteiger partial charge in [-0.05, 0) is 51.4 Å². The van der Waals surface area contributed by atoms with Crippen LogP contribution in [0.5, 0.6) is 0 Å². The summed E-state index contributed by atoms with van der Waals surface area (Å²) in [6.45, 7) is 4.97. The van der Waals surface area contributed by atoms with E-state index < -0.39 is 12.1 Å². The normalized spacial score (nSPS) is 12.6. The molecule has 0 aromatic rings. The number of carbonyl (C=O) groups excluding carboxylic acids is 2. The van der Waals surface area contributed by atoms with Gasteiger partial charge < -0.3 is 20.3 Å². The topological polar surface area (TPSA) is 95.9 Å². The first-order valence-electron chi connectivity index (χ1n) is 30.9. The van der Waals surface area contributed by atoms with Crippen LogP contribution in [0.15, 0.2) is 12.2 Å². The largest absolute Gasteiger partial charge is 0.466 e. The van der Waals surface area contributed by atoms with Crippen molar-refractivity contribution in [2.24, 2.45) is 0 Å². The second-order valence-electron chi connectivity index (χ2n) is 21.4. The number of hydrogen-bond donors (Lipinski definition) is 3. The summed E-state index contributed by atoms with van der Waals surface area (Å²) in [6, 6.07) is -0.544. The number of rotatable bonds is 58. The Morgan fingerprint density at radius 2 is 0.691 bits per heavy atom. The summed E-state index contributed by atoms with van der Waals surface area (Å²) in [4.78, 5) is 24.5. The molecule has 2 unspecified atom stereocenters. The Kier molecular flexibility index (Phi) is 57.0. The van der Waals surface area contributed by atoms with Crippen LogP contribution in [0.1, 0.15) is 348 Å². The first-order chi connectivity index (χ1) is 33.5. The van der Waals surface area contributed by atoms with Crippen LogP contribution in [0.2, 0.25) is 0 Å². The molecule has 0 spiro atoms. The summed E-state index contributed by atoms with van der Waals surface area (Å²) in [6.07, 6.45) is 69.4. The number of nitrogens with one attached hydrogen (secondary N) is 1. The quantitative estimate of drug-likeness (QED) is 0.0321. The summed E-state index contributed by atoms with van der Waals surface area (Å²) in [5.41, 5.74) is 0. The van der Waals surface area contributed by atoms with E-state index in [4.69, 9.17) is 4.74 Å². The zero-order valence-electron chi connectivity index (χ0n) is 46.1. The highest BCUT2D eigenvalue weighted by Crippen LogP contribution is 2.18. The van der Waals surface area contributed by atoms with Gasteiger partial charge in [-0.3, -0.25) is 9.59 Å². The van der Waals surface area contributed by atoms with Gasteiger partial charge in [0, 0.05) is 12.8 Å². The predicted molar refractivity (Wildman–Crippen MR) is 297 cm³/mol. The van der Waals surface area contributed by atoms with Crippen molar-refractivity contribution in [1.29, 1.82) is 0 Å². The summed E-state index contributed by atoms with van der Waals surface area (Å²) in [7, 11) is 0. The standard InChI is InChI=1S/C62H121NO5/c1-3-5-7-9-11-13-15-17-18-29-32-36-40-44-48-52-56-62(67)68-57-53-49-45-41-37-33-30-27-25-23-21-19-20-22-24-26-28-31-35-39-43-47-51-55-61(66)63-59(58-64)60(65)54-50-46-42-38-34-16-14-12-10-8-6-4-2/h22,24,59-60,64-65H,3-21,23,25-58H2,1-2H3,(H,63,66)/b24-22-. The van der Waals surface area contributed by atoms with Gasteiger partial charge in [-0.15, -0.1) is 0 Å². The van der Waals surface area contributed by atoms with Crippen LogP contribution in [0.25, 0.3) is 0 Å². The summed E-state index contributed by atoms with van der Waals surface area (Å²) in [5.74, 6) is -0.0248. The first kappa shape index (κ1) is 66.6. The lowest BCUT2D eigenvalue weighted by Crippen LogP contribution is -2.45. The fourth-order valence-electron chi connectivity index (χ4n) is 9.81. The van der Waals surface area contributed by atoms with Crippen molar-refractivity contribution in [2.75, 3.05) is 13.2 Å². The molecule has 6 heteroatoms. The maximum absolute atomic E-state index is 12.5. The van der Waals surface area contributed by atoms with Crippen molar-refractivity contribution in [3.05, 3.63) is 12.2 Å². The number of aliphatic hydroxyl groups is 2. The molecule has 3 N–H and O–H groups in total. The lowest BCUT2D eigenvalue weighted by molar-refractivity contribution is -0.143. The second kappa shape index (κ2) is 58.2. The number of esters is 1. The molecule has 0 bridgehead atoms. The fourth-order valence-corrected chi connectivity index (χ4v) is 9.81. The lowest BCUT2D eigenvalue weighted by Gasteiger charge is -2.22. The van der Waals surface area contributed by atoms with Gasteiger partial charge in [-0.25, -0.2) is 0 Å². The number of ether oxygens (including phenoxy) is 1. The van der Waals surface area contributed by atoms with Crippen LogP contribution in [-0.2, 0) is 14.3 Å². The minimum Gasteiger partial charge on any atom is -0.466 e. The van der Waals surface area contributed by atoms with Gasteiger partial charge in [-0.1, -0.05) is 296 Å². The Labute approximate surface area is 425 Å². The molecule has 0 aromatic heterocycles. The Morgan fingerprint density at radius 3 is 1.04 bits per heavy atom. The van der Waals surface area contributed by atoms with Crippen LogP contribution in [0.3, 0.4) is 0 Å². The van der Waals surface area contributed by atoms with E-state index in [0.717, 1.165) is 38.5 Å². The molecule has 68 heavy (non-hydrogen) atoms. The van der Waals surface area contributed by atoms with Gasteiger partial charge in [0.25, 0.3) is 0 Å². The molecule has 0 radical (unpaired) electrons. The monoisotopic (exact) mass is 960 g/mol. The molecule has 0 aromatic carbocycles. The molecule has 0 aliphatic heterocycles. The Bertz CT molecular complexity index is 1020. The summed E-state index contributed by atoms with van der Waals surface area (Å²) < 4.78 is 5.49. The zero-order chi connectivity index (χ0) is 49.3. The van der Waals surface area contributed by atoms with Crippen LogP contribution in [-0.4, -0.2) is 47.4 Å². The van der Waals surface area contributed by atoms with Crippen molar-refractivity contribution >= 4 is 11.9 Å². The number of hydrogen-bond acceptors (Lipinski definition) is 5. The number of allylic oxidation sites excluding steroid dienone is 2. The van der Waals surface area contributed by atoms with Gasteiger partial charge >= 0.3 is 5.97 Å². The minimum absolute atomic E-state index is 0.0155. The van der Waals surface area contributed by atoms with Crippen molar-refractivity contribution in [3.63, 3.8) is 0 Å². The SMILES string of the molecule is CCCCCCCCCCCCCCCCCCC(=O)OCCCCCCCCCCCCCC/C=C\CCCCCCCCCC(=O)NC(CO)C(O)CCCCCCCCCCCCCC. The van der Waals surface area contributed by atoms with Crippen molar-refractivity contribution in [2.45, 2.75) is 360 Å². The molecular weight excluding hydrogens is 839 g/mol. The van der Waals surface area contributed by atoms with E-state index in [1.54, 1.807) is 0 Å². The van der Waals surface area contributed by atoms with Gasteiger partial charge in [-0.2, -0.15) is 0 Å². The van der Waals surface area contributed by atoms with Crippen LogP contribution >= 0.6 is 0 Å². The third-order valence-corrected chi connectivity index (χ3v) is 14.6. The van der Waals surface area contributed by atoms with Crippen LogP contribution in [0.4, 0.5) is 0 Å². The lowest BCUT2D eigenvalue weighted by atomic mass is 10.0. The smallest absolute Gasteiger partial charge is 0.305 e. The zero-order valence-corrected chi connectivity index (χ0v) is 46.1. The molecule has 0 heterocycles. The van der Waals surface area contributed by atoms with Crippen LogP contribution < -0.4 is 5.32 Å². The molecule has 0 aliphatic rings. The highest BCUT2D eigenvalue weighted by atomic mass is 16.5. The Balaban J connectivity index is 3.37. The van der Waals surface area contributed by atoms with E-state index in [2.05, 4.69) is 31.3 Å². The molecule has 2 atom stereocenters. The van der Waals surface area contributed by atoms with E-state index >= 15 is 0 Å². The van der Waals surface area contributed by atoms with Gasteiger partial charge in [0.2, 0.25) is 5.91 Å². The number of carbonyl (C=O) groups is 2. The summed E-state index contributed by atoms with van der Waals surface area (Å²) >= 11 is 0. The molecule has 6 nitrogen and oxygen atoms in total. The third kappa shape index (κ3) is 53.9. The van der Waals surface area contributed by atoms with E-state index in [0.29, 0.717) is 25.9 Å². The van der Waals surface area contributed by atoms with Gasteiger partial charge in [0.15, 0.2) is 0 Å². The molecule has 0 fully saturated rings. The summed E-state index contributed by atoms with van der Waals surface area (Å²) in [5, 5.41) is 23.2. The maximum atomic E-state index is 12.5. The molecule has 1 amide bonds. The van der Waals surface area contributed by atoms with Crippen molar-refractivity contribution in [3.8, 4) is 0 Å². The predicted octanol–water partition coefficient (Wildman–Crippen LogP) is 19.2. The fraction of sp³-hybridized carbons (Fsp3) is 0.935. The minimum atomic E-state index is -0.666. The highest BCUT2D eigenvalue weighted by Gasteiger charge is 2.20. The average molecular weight is 961 g/mol. The number of unbranched alkanes of at least 4 members (excludes halogenated alkanes) is 45. The van der Waals surface area contributed by atoms with Crippen LogP contribution in [0, 0.1) is 0 Å². The second-order valence-corrected chi connectivity index (χ2v) is 21.4. The van der Waals surface area contributed by atoms with E-state index in [1.165, 1.54) is 276 Å². The molecule has 0 saturated carbocycles. The molecule has 0 rings (SSSR count). The van der Waals surface area contributed by atoms with E-state index in [9.17, 15) is 19.8 Å². The Hall–Kier alpha value is -1.40. The maximum Gasteiger partial charge on any atom is 0.305 e. The Morgan fingerprint density at radius 1 is 0.397 bits per heavy atom. The number of amides is 1. The molecule has 404 valence electrons. The van der Waals surface area contributed by atoms with E-state index in [-0.39, 0.29) is 18.5 Å². The average Bonchev–Trinajstić information content (AvgIpc) is 3.34. The van der Waals surface area contributed by atoms with E-state index in [1.807, 2.05) is 0 Å². The highest BCUT2D eigenvalue weighted by molar-refractivity contribution is 5.76. The molecular formula is C62H121NO5. The van der Waals surface area contributed by atoms with Gasteiger partial charge in [0.05, 0.1) is 25.4 Å². The third-order valence-electron chi connectivity index (χ3n) is 14.6. The van der Waals surface area contributed by atoms with Crippen molar-refractivity contribution < 1.29 is 24.5 Å². The number of aliphatic hydroxyl groups excluding tert-OH is 2. The van der Waals surface area contributed by atoms with Gasteiger partial charge in [0.1, 0.15) is 0 Å². The molecule has 0 saturated heterocycles. The molecule has 0 aliphatic carbocycles. The van der Waals surface area contributed by atoms with Crippen molar-refractivity contribution in [1.82, 2.24) is 5.32 Å².